The Morgan fingerprint density at radius 2 is 2.23 bits per heavy atom. The third kappa shape index (κ3) is 2.36. The first-order chi connectivity index (χ1) is 6.15. The fourth-order valence-corrected chi connectivity index (χ4v) is 1.06. The van der Waals surface area contributed by atoms with Crippen molar-refractivity contribution in [1.82, 2.24) is 4.98 Å². The summed E-state index contributed by atoms with van der Waals surface area (Å²) in [6.45, 7) is 4.06. The number of nitrogens with two attached hydrogens (primary N) is 1. The van der Waals surface area contributed by atoms with Gasteiger partial charge in [-0.15, -0.1) is 0 Å². The Morgan fingerprint density at radius 3 is 2.77 bits per heavy atom. The van der Waals surface area contributed by atoms with Gasteiger partial charge < -0.3 is 5.73 Å². The normalized spacial score (nSPS) is 12.9. The summed E-state index contributed by atoms with van der Waals surface area (Å²) in [4.78, 5) is 14.6. The lowest BCUT2D eigenvalue weighted by Crippen LogP contribution is -2.18. The number of hydrogen-bond donors (Lipinski definition) is 1. The smallest absolute Gasteiger partial charge is 0.150 e. The lowest BCUT2D eigenvalue weighted by atomic mass is 10.0. The van der Waals surface area contributed by atoms with E-state index < -0.39 is 0 Å². The van der Waals surface area contributed by atoms with Crippen molar-refractivity contribution in [3.8, 4) is 0 Å². The van der Waals surface area contributed by atoms with Crippen LogP contribution in [0.2, 0.25) is 0 Å². The van der Waals surface area contributed by atoms with E-state index >= 15 is 0 Å². The Morgan fingerprint density at radius 1 is 1.54 bits per heavy atom. The van der Waals surface area contributed by atoms with Crippen LogP contribution in [0.3, 0.4) is 0 Å². The van der Waals surface area contributed by atoms with Crippen molar-refractivity contribution in [3.05, 3.63) is 29.6 Å². The van der Waals surface area contributed by atoms with Crippen molar-refractivity contribution in [2.75, 3.05) is 0 Å². The highest BCUT2D eigenvalue weighted by molar-refractivity contribution is 5.74. The second-order valence-corrected chi connectivity index (χ2v) is 3.40. The maximum absolute atomic E-state index is 10.5. The summed E-state index contributed by atoms with van der Waals surface area (Å²) in [5.41, 5.74) is 7.29. The van der Waals surface area contributed by atoms with Crippen LogP contribution in [0.15, 0.2) is 18.3 Å². The second-order valence-electron chi connectivity index (χ2n) is 3.40. The highest BCUT2D eigenvalue weighted by Gasteiger charge is 2.11. The topological polar surface area (TPSA) is 56.0 Å². The van der Waals surface area contributed by atoms with Crippen molar-refractivity contribution in [1.29, 1.82) is 0 Å². The zero-order chi connectivity index (χ0) is 9.84. The minimum atomic E-state index is -0.0973. The summed E-state index contributed by atoms with van der Waals surface area (Å²) >= 11 is 0. The van der Waals surface area contributed by atoms with Crippen LogP contribution in [-0.4, -0.2) is 11.3 Å². The van der Waals surface area contributed by atoms with Gasteiger partial charge in [0.05, 0.1) is 5.69 Å². The van der Waals surface area contributed by atoms with E-state index in [9.17, 15) is 4.79 Å². The first kappa shape index (κ1) is 9.86. The summed E-state index contributed by atoms with van der Waals surface area (Å²) in [6, 6.07) is 3.31. The Hall–Kier alpha value is -1.22. The number of carbonyl (C=O) groups excluding carboxylic acids is 1. The third-order valence-corrected chi connectivity index (χ3v) is 2.00. The van der Waals surface area contributed by atoms with Gasteiger partial charge in [0.15, 0.2) is 0 Å². The Balaban J connectivity index is 2.94. The standard InChI is InChI=1S/C10H14N2O/c1-7(2)10(11)9-5-8(6-13)3-4-12-9/h3-7,10H,11H2,1-2H3/t10-/m1/s1. The number of carbonyl (C=O) groups is 1. The van der Waals surface area contributed by atoms with E-state index in [0.29, 0.717) is 11.5 Å². The maximum Gasteiger partial charge on any atom is 0.150 e. The summed E-state index contributed by atoms with van der Waals surface area (Å²) in [6.07, 6.45) is 2.42. The number of aromatic nitrogens is 1. The maximum atomic E-state index is 10.5. The molecule has 0 fully saturated rings. The molecule has 0 aliphatic carbocycles. The molecule has 1 aromatic rings. The van der Waals surface area contributed by atoms with E-state index in [1.807, 2.05) is 13.8 Å². The van der Waals surface area contributed by atoms with E-state index in [1.165, 1.54) is 0 Å². The molecule has 0 spiro atoms. The molecule has 13 heavy (non-hydrogen) atoms. The van der Waals surface area contributed by atoms with Crippen LogP contribution < -0.4 is 5.73 Å². The van der Waals surface area contributed by atoms with Crippen molar-refractivity contribution < 1.29 is 4.79 Å². The number of hydrogen-bond acceptors (Lipinski definition) is 3. The van der Waals surface area contributed by atoms with Gasteiger partial charge in [-0.05, 0) is 18.1 Å². The average Bonchev–Trinajstić information content (AvgIpc) is 2.16. The summed E-state index contributed by atoms with van der Waals surface area (Å²) in [5, 5.41) is 0. The molecule has 1 aromatic heterocycles. The third-order valence-electron chi connectivity index (χ3n) is 2.00. The van der Waals surface area contributed by atoms with Crippen LogP contribution >= 0.6 is 0 Å². The van der Waals surface area contributed by atoms with E-state index in [0.717, 1.165) is 12.0 Å². The van der Waals surface area contributed by atoms with Gasteiger partial charge in [-0.1, -0.05) is 13.8 Å². The lowest BCUT2D eigenvalue weighted by molar-refractivity contribution is 0.112. The van der Waals surface area contributed by atoms with Crippen LogP contribution in [0.5, 0.6) is 0 Å². The monoisotopic (exact) mass is 178 g/mol. The van der Waals surface area contributed by atoms with Gasteiger partial charge >= 0.3 is 0 Å². The van der Waals surface area contributed by atoms with Crippen molar-refractivity contribution >= 4 is 6.29 Å². The zero-order valence-electron chi connectivity index (χ0n) is 7.90. The molecule has 0 bridgehead atoms. The molecule has 3 nitrogen and oxygen atoms in total. The molecule has 3 heteroatoms. The minimum Gasteiger partial charge on any atom is -0.322 e. The molecule has 1 rings (SSSR count). The number of rotatable bonds is 3. The van der Waals surface area contributed by atoms with E-state index in [2.05, 4.69) is 4.98 Å². The van der Waals surface area contributed by atoms with Gasteiger partial charge in [0.1, 0.15) is 6.29 Å². The molecule has 70 valence electrons. The quantitative estimate of drug-likeness (QED) is 0.714. The first-order valence-electron chi connectivity index (χ1n) is 4.32. The predicted molar refractivity (Wildman–Crippen MR) is 51.4 cm³/mol. The molecule has 0 unspecified atom stereocenters. The van der Waals surface area contributed by atoms with Crippen LogP contribution in [0, 0.1) is 5.92 Å². The lowest BCUT2D eigenvalue weighted by Gasteiger charge is -2.14. The largest absolute Gasteiger partial charge is 0.322 e. The Kier molecular flexibility index (Phi) is 3.14. The fraction of sp³-hybridized carbons (Fsp3) is 0.400. The Labute approximate surface area is 78.0 Å². The van der Waals surface area contributed by atoms with Gasteiger partial charge in [-0.25, -0.2) is 0 Å². The molecule has 0 aliphatic heterocycles. The van der Waals surface area contributed by atoms with Crippen LogP contribution in [0.4, 0.5) is 0 Å². The molecular weight excluding hydrogens is 164 g/mol. The van der Waals surface area contributed by atoms with Crippen LogP contribution in [-0.2, 0) is 0 Å². The van der Waals surface area contributed by atoms with E-state index in [-0.39, 0.29) is 6.04 Å². The first-order valence-corrected chi connectivity index (χ1v) is 4.32. The van der Waals surface area contributed by atoms with Gasteiger partial charge in [-0.3, -0.25) is 9.78 Å². The van der Waals surface area contributed by atoms with Crippen molar-refractivity contribution in [2.45, 2.75) is 19.9 Å². The Bertz CT molecular complexity index is 297. The summed E-state index contributed by atoms with van der Waals surface area (Å²) < 4.78 is 0. The molecule has 1 heterocycles. The minimum absolute atomic E-state index is 0.0973. The molecule has 0 aromatic carbocycles. The SMILES string of the molecule is CC(C)[C@@H](N)c1cc(C=O)ccn1. The summed E-state index contributed by atoms with van der Waals surface area (Å²) in [7, 11) is 0. The molecule has 0 saturated heterocycles. The van der Waals surface area contributed by atoms with Crippen molar-refractivity contribution in [3.63, 3.8) is 0 Å². The highest BCUT2D eigenvalue weighted by Crippen LogP contribution is 2.16. The van der Waals surface area contributed by atoms with Gasteiger partial charge in [-0.2, -0.15) is 0 Å². The molecule has 0 saturated carbocycles. The molecule has 0 amide bonds. The molecule has 1 atom stereocenters. The van der Waals surface area contributed by atoms with Crippen molar-refractivity contribution in [2.24, 2.45) is 11.7 Å². The highest BCUT2D eigenvalue weighted by atomic mass is 16.1. The number of pyridine rings is 1. The van der Waals surface area contributed by atoms with E-state index in [1.54, 1.807) is 18.3 Å². The molecular formula is C10H14N2O. The summed E-state index contributed by atoms with van der Waals surface area (Å²) in [5.74, 6) is 0.328. The number of aldehydes is 1. The van der Waals surface area contributed by atoms with Gasteiger partial charge in [0.25, 0.3) is 0 Å². The van der Waals surface area contributed by atoms with Crippen LogP contribution in [0.25, 0.3) is 0 Å². The molecule has 0 aliphatic rings. The number of nitrogens with zero attached hydrogens (tertiary/aromatic N) is 1. The second kappa shape index (κ2) is 4.14. The molecule has 0 radical (unpaired) electrons. The predicted octanol–water partition coefficient (Wildman–Crippen LogP) is 1.55. The van der Waals surface area contributed by atoms with E-state index in [4.69, 9.17) is 5.73 Å². The van der Waals surface area contributed by atoms with Gasteiger partial charge in [0, 0.05) is 17.8 Å². The van der Waals surface area contributed by atoms with Gasteiger partial charge in [0.2, 0.25) is 0 Å². The average molecular weight is 178 g/mol. The zero-order valence-corrected chi connectivity index (χ0v) is 7.90. The fourth-order valence-electron chi connectivity index (χ4n) is 1.06. The van der Waals surface area contributed by atoms with Crippen LogP contribution in [0.1, 0.15) is 35.9 Å². The molecule has 2 N–H and O–H groups in total.